The van der Waals surface area contributed by atoms with E-state index < -0.39 is 11.6 Å². The van der Waals surface area contributed by atoms with Gasteiger partial charge in [-0.05, 0) is 0 Å². The van der Waals surface area contributed by atoms with Crippen molar-refractivity contribution >= 4 is 15.0 Å². The van der Waals surface area contributed by atoms with Crippen molar-refractivity contribution in [3.63, 3.8) is 0 Å². The van der Waals surface area contributed by atoms with E-state index in [1.54, 1.807) is 6.07 Å². The number of halogens is 2. The third-order valence-corrected chi connectivity index (χ3v) is 5.23. The Hall–Kier alpha value is -1.23. The molecule has 6 heteroatoms. The van der Waals surface area contributed by atoms with Gasteiger partial charge in [0.1, 0.15) is 0 Å². The van der Waals surface area contributed by atoms with Gasteiger partial charge in [0.15, 0.2) is 0 Å². The molecule has 0 bridgehead atoms. The van der Waals surface area contributed by atoms with Gasteiger partial charge in [-0.25, -0.2) is 0 Å². The average molecular weight is 343 g/mol. The van der Waals surface area contributed by atoms with Gasteiger partial charge in [0.05, 0.1) is 0 Å². The van der Waals surface area contributed by atoms with E-state index in [1.807, 2.05) is 0 Å². The summed E-state index contributed by atoms with van der Waals surface area (Å²) in [6.07, 6.45) is 0. The summed E-state index contributed by atoms with van der Waals surface area (Å²) in [4.78, 5) is 2.33. The van der Waals surface area contributed by atoms with E-state index in [0.29, 0.717) is 11.3 Å². The fraction of sp³-hybridized carbons (Fsp3) is 0.357. The number of rotatable bonds is 3. The van der Waals surface area contributed by atoms with Gasteiger partial charge in [0.2, 0.25) is 0 Å². The van der Waals surface area contributed by atoms with Crippen LogP contribution in [0.15, 0.2) is 28.8 Å². The normalized spacial score (nSPS) is 16.5. The topological polar surface area (TPSA) is 29.3 Å². The van der Waals surface area contributed by atoms with Gasteiger partial charge in [-0.1, -0.05) is 0 Å². The molecule has 1 fully saturated rings. The number of aromatic nitrogens is 1. The molecule has 1 aromatic carbocycles. The molecule has 2 heterocycles. The molecular weight excluding hydrogens is 329 g/mol. The van der Waals surface area contributed by atoms with Crippen LogP contribution in [0.25, 0.3) is 11.3 Å². The molecule has 3 rings (SSSR count). The van der Waals surface area contributed by atoms with E-state index in [1.165, 1.54) is 16.7 Å². The van der Waals surface area contributed by atoms with Crippen LogP contribution in [0.1, 0.15) is 5.76 Å². The number of benzene rings is 1. The van der Waals surface area contributed by atoms with E-state index >= 15 is 0 Å². The Morgan fingerprint density at radius 2 is 1.95 bits per heavy atom. The SMILES string of the molecule is Fc1ccc(-c2cc(CN3CC[Se]CC3)on2)cc1F. The second-order valence-electron chi connectivity index (χ2n) is 4.70. The van der Waals surface area contributed by atoms with Crippen molar-refractivity contribution in [1.82, 2.24) is 10.1 Å². The Morgan fingerprint density at radius 3 is 2.70 bits per heavy atom. The maximum absolute atomic E-state index is 13.2. The molecule has 106 valence electrons. The zero-order valence-corrected chi connectivity index (χ0v) is 12.5. The minimum atomic E-state index is -0.870. The Labute approximate surface area is 122 Å². The third kappa shape index (κ3) is 3.08. The van der Waals surface area contributed by atoms with Gasteiger partial charge >= 0.3 is 122 Å². The number of nitrogens with zero attached hydrogens (tertiary/aromatic N) is 2. The summed E-state index contributed by atoms with van der Waals surface area (Å²) in [7, 11) is 0. The van der Waals surface area contributed by atoms with Crippen LogP contribution in [-0.2, 0) is 6.54 Å². The van der Waals surface area contributed by atoms with Gasteiger partial charge in [-0.15, -0.1) is 0 Å². The fourth-order valence-corrected chi connectivity index (χ4v) is 4.21. The second-order valence-corrected chi connectivity index (χ2v) is 7.27. The average Bonchev–Trinajstić information content (AvgIpc) is 2.91. The monoisotopic (exact) mass is 344 g/mol. The fourth-order valence-electron chi connectivity index (χ4n) is 2.16. The van der Waals surface area contributed by atoms with Crippen LogP contribution < -0.4 is 0 Å². The van der Waals surface area contributed by atoms with Gasteiger partial charge in [-0.3, -0.25) is 0 Å². The zero-order valence-electron chi connectivity index (χ0n) is 10.8. The quantitative estimate of drug-likeness (QED) is 0.803. The Morgan fingerprint density at radius 1 is 1.15 bits per heavy atom. The predicted octanol–water partition coefficient (Wildman–Crippen LogP) is 2.98. The van der Waals surface area contributed by atoms with Gasteiger partial charge < -0.3 is 0 Å². The molecule has 2 aromatic rings. The van der Waals surface area contributed by atoms with E-state index in [0.717, 1.165) is 52.5 Å². The second kappa shape index (κ2) is 6.04. The predicted molar refractivity (Wildman–Crippen MR) is 72.5 cm³/mol. The first-order chi connectivity index (χ1) is 9.72. The summed E-state index contributed by atoms with van der Waals surface area (Å²) in [5.41, 5.74) is 1.07. The molecule has 0 aliphatic carbocycles. The first-order valence-electron chi connectivity index (χ1n) is 6.43. The molecule has 1 aliphatic rings. The molecule has 1 aromatic heterocycles. The van der Waals surface area contributed by atoms with Crippen molar-refractivity contribution in [1.29, 1.82) is 0 Å². The molecule has 0 radical (unpaired) electrons. The molecular formula is C14H14F2N2OSe. The molecule has 0 spiro atoms. The number of hydrogen-bond donors (Lipinski definition) is 0. The molecule has 1 aliphatic heterocycles. The van der Waals surface area contributed by atoms with E-state index in [9.17, 15) is 8.78 Å². The van der Waals surface area contributed by atoms with Crippen LogP contribution in [0.4, 0.5) is 8.78 Å². The Kier molecular flexibility index (Phi) is 4.15. The Balaban J connectivity index is 1.73. The molecule has 0 atom stereocenters. The van der Waals surface area contributed by atoms with Crippen LogP contribution in [0.5, 0.6) is 0 Å². The molecule has 0 N–H and O–H groups in total. The summed E-state index contributed by atoms with van der Waals surface area (Å²) in [5.74, 6) is -0.961. The van der Waals surface area contributed by atoms with Crippen LogP contribution in [0.2, 0.25) is 10.6 Å². The standard InChI is InChI=1S/C14H14F2N2OSe/c15-12-2-1-10(7-13(12)16)14-8-11(19-17-14)9-18-3-5-20-6-4-18/h1-2,7-8H,3-6,9H2. The molecule has 20 heavy (non-hydrogen) atoms. The van der Waals surface area contributed by atoms with Crippen LogP contribution >= 0.6 is 0 Å². The minimum absolute atomic E-state index is 0.529. The van der Waals surface area contributed by atoms with Crippen LogP contribution in [-0.4, -0.2) is 38.1 Å². The molecule has 0 saturated carbocycles. The Bertz CT molecular complexity index is 597. The van der Waals surface area contributed by atoms with E-state index in [2.05, 4.69) is 10.1 Å². The van der Waals surface area contributed by atoms with Crippen molar-refractivity contribution in [3.8, 4) is 11.3 Å². The van der Waals surface area contributed by atoms with Crippen molar-refractivity contribution in [2.24, 2.45) is 0 Å². The molecule has 0 amide bonds. The van der Waals surface area contributed by atoms with Crippen molar-refractivity contribution in [2.45, 2.75) is 17.2 Å². The first-order valence-corrected chi connectivity index (χ1v) is 8.86. The summed E-state index contributed by atoms with van der Waals surface area (Å²) < 4.78 is 31.4. The maximum atomic E-state index is 13.2. The van der Waals surface area contributed by atoms with Gasteiger partial charge in [-0.2, -0.15) is 0 Å². The van der Waals surface area contributed by atoms with Crippen LogP contribution in [0, 0.1) is 11.6 Å². The molecule has 1 saturated heterocycles. The third-order valence-electron chi connectivity index (χ3n) is 3.26. The summed E-state index contributed by atoms with van der Waals surface area (Å²) >= 11 is 0.786. The summed E-state index contributed by atoms with van der Waals surface area (Å²) in [6.45, 7) is 2.93. The van der Waals surface area contributed by atoms with Crippen molar-refractivity contribution in [3.05, 3.63) is 41.7 Å². The van der Waals surface area contributed by atoms with Crippen molar-refractivity contribution in [2.75, 3.05) is 13.1 Å². The van der Waals surface area contributed by atoms with E-state index in [-0.39, 0.29) is 0 Å². The molecule has 0 unspecified atom stereocenters. The molecule has 3 nitrogen and oxygen atoms in total. The van der Waals surface area contributed by atoms with Crippen LogP contribution in [0.3, 0.4) is 0 Å². The summed E-state index contributed by atoms with van der Waals surface area (Å²) in [5, 5.41) is 6.49. The van der Waals surface area contributed by atoms with E-state index in [4.69, 9.17) is 4.52 Å². The zero-order chi connectivity index (χ0) is 13.9. The first kappa shape index (κ1) is 13.7. The number of hydrogen-bond acceptors (Lipinski definition) is 3. The van der Waals surface area contributed by atoms with Gasteiger partial charge in [0.25, 0.3) is 0 Å². The van der Waals surface area contributed by atoms with Gasteiger partial charge in [0, 0.05) is 0 Å². The van der Waals surface area contributed by atoms with Crippen molar-refractivity contribution < 1.29 is 13.3 Å². The summed E-state index contributed by atoms with van der Waals surface area (Å²) in [6, 6.07) is 5.54.